The van der Waals surface area contributed by atoms with E-state index in [1.165, 1.54) is 12.5 Å². The Kier molecular flexibility index (Phi) is 3.88. The van der Waals surface area contributed by atoms with Gasteiger partial charge in [0.1, 0.15) is 5.69 Å². The zero-order valence-electron chi connectivity index (χ0n) is 12.0. The Morgan fingerprint density at radius 3 is 2.57 bits per heavy atom. The molecule has 1 heterocycles. The van der Waals surface area contributed by atoms with E-state index in [0.29, 0.717) is 16.9 Å². The molecule has 2 aromatic carbocycles. The molecule has 0 bridgehead atoms. The Labute approximate surface area is 132 Å². The number of hydrogen-bond donors (Lipinski definition) is 2. The highest BCUT2D eigenvalue weighted by molar-refractivity contribution is 6.06. The average Bonchev–Trinajstić information content (AvgIpc) is 3.05. The van der Waals surface area contributed by atoms with E-state index in [1.807, 2.05) is 30.3 Å². The first kappa shape index (κ1) is 14.5. The molecule has 3 aromatic rings. The van der Waals surface area contributed by atoms with Gasteiger partial charge in [-0.05, 0) is 18.2 Å². The summed E-state index contributed by atoms with van der Waals surface area (Å²) in [5.74, 6) is -0.922. The van der Waals surface area contributed by atoms with Gasteiger partial charge in [0.2, 0.25) is 11.7 Å². The number of amides is 2. The Hall–Kier alpha value is -3.41. The lowest BCUT2D eigenvalue weighted by atomic mass is 10.1. The van der Waals surface area contributed by atoms with E-state index in [1.54, 1.807) is 18.2 Å². The van der Waals surface area contributed by atoms with Crippen LogP contribution in [0.1, 0.15) is 20.9 Å². The Balaban J connectivity index is 1.87. The summed E-state index contributed by atoms with van der Waals surface area (Å²) in [6, 6.07) is 15.6. The third-order valence-electron chi connectivity index (χ3n) is 3.23. The van der Waals surface area contributed by atoms with Crippen molar-refractivity contribution in [1.29, 1.82) is 0 Å². The highest BCUT2D eigenvalue weighted by Crippen LogP contribution is 2.23. The number of benzene rings is 2. The molecular weight excluding hydrogens is 294 g/mol. The van der Waals surface area contributed by atoms with Crippen molar-refractivity contribution < 1.29 is 14.0 Å². The second kappa shape index (κ2) is 6.15. The van der Waals surface area contributed by atoms with E-state index in [2.05, 4.69) is 10.3 Å². The number of nitrogens with two attached hydrogens (primary N) is 1. The van der Waals surface area contributed by atoms with Crippen LogP contribution in [0, 0.1) is 0 Å². The maximum atomic E-state index is 12.4. The average molecular weight is 307 g/mol. The molecule has 0 spiro atoms. The summed E-state index contributed by atoms with van der Waals surface area (Å²) in [5.41, 5.74) is 7.21. The molecule has 3 rings (SSSR count). The van der Waals surface area contributed by atoms with Gasteiger partial charge in [0, 0.05) is 16.8 Å². The minimum Gasteiger partial charge on any atom is -0.438 e. The number of carbonyl (C=O) groups is 2. The third kappa shape index (κ3) is 3.11. The highest BCUT2D eigenvalue weighted by atomic mass is 16.3. The minimum absolute atomic E-state index is 0.0979. The molecule has 0 saturated carbocycles. The molecule has 1 aromatic heterocycles. The summed E-state index contributed by atoms with van der Waals surface area (Å²) in [4.78, 5) is 27.7. The van der Waals surface area contributed by atoms with Gasteiger partial charge in [0.25, 0.3) is 5.91 Å². The fourth-order valence-corrected chi connectivity index (χ4v) is 2.15. The van der Waals surface area contributed by atoms with Crippen molar-refractivity contribution in [3.8, 4) is 11.3 Å². The van der Waals surface area contributed by atoms with E-state index in [4.69, 9.17) is 10.2 Å². The monoisotopic (exact) mass is 307 g/mol. The zero-order valence-corrected chi connectivity index (χ0v) is 12.0. The van der Waals surface area contributed by atoms with Crippen molar-refractivity contribution >= 4 is 17.5 Å². The molecule has 6 heteroatoms. The molecule has 0 saturated heterocycles. The van der Waals surface area contributed by atoms with Gasteiger partial charge in [-0.2, -0.15) is 0 Å². The number of nitrogens with zero attached hydrogens (tertiary/aromatic N) is 1. The number of hydrogen-bond acceptors (Lipinski definition) is 4. The number of aromatic nitrogens is 1. The van der Waals surface area contributed by atoms with E-state index in [-0.39, 0.29) is 5.76 Å². The van der Waals surface area contributed by atoms with Crippen molar-refractivity contribution in [3.63, 3.8) is 0 Å². The number of anilines is 1. The van der Waals surface area contributed by atoms with Crippen LogP contribution in [0.5, 0.6) is 0 Å². The number of nitrogens with one attached hydrogen (secondary N) is 1. The fraction of sp³-hybridized carbons (Fsp3) is 0. The maximum absolute atomic E-state index is 12.4. The van der Waals surface area contributed by atoms with Gasteiger partial charge in [0.05, 0.1) is 0 Å². The Morgan fingerprint density at radius 1 is 1.04 bits per heavy atom. The van der Waals surface area contributed by atoms with Crippen LogP contribution < -0.4 is 11.1 Å². The highest BCUT2D eigenvalue weighted by Gasteiger charge is 2.18. The SMILES string of the molecule is NC(=O)c1cccc(NC(=O)c2ocnc2-c2ccccc2)c1. The molecule has 6 nitrogen and oxygen atoms in total. The lowest BCUT2D eigenvalue weighted by Crippen LogP contribution is -2.14. The summed E-state index contributed by atoms with van der Waals surface area (Å²) in [6.45, 7) is 0. The quantitative estimate of drug-likeness (QED) is 0.774. The fourth-order valence-electron chi connectivity index (χ4n) is 2.15. The van der Waals surface area contributed by atoms with Crippen LogP contribution in [0.2, 0.25) is 0 Å². The summed E-state index contributed by atoms with van der Waals surface area (Å²) in [5, 5.41) is 2.67. The van der Waals surface area contributed by atoms with E-state index in [9.17, 15) is 9.59 Å². The van der Waals surface area contributed by atoms with Crippen LogP contribution in [-0.2, 0) is 0 Å². The zero-order chi connectivity index (χ0) is 16.2. The summed E-state index contributed by atoms with van der Waals surface area (Å²) in [6.07, 6.45) is 1.22. The molecule has 2 amide bonds. The van der Waals surface area contributed by atoms with Gasteiger partial charge in [-0.1, -0.05) is 36.4 Å². The van der Waals surface area contributed by atoms with Gasteiger partial charge >= 0.3 is 0 Å². The number of rotatable bonds is 4. The maximum Gasteiger partial charge on any atom is 0.293 e. The standard InChI is InChI=1S/C17H13N3O3/c18-16(21)12-7-4-8-13(9-12)20-17(22)15-14(19-10-23-15)11-5-2-1-3-6-11/h1-10H,(H2,18,21)(H,20,22). The molecule has 0 unspecified atom stereocenters. The predicted octanol–water partition coefficient (Wildman–Crippen LogP) is 2.69. The van der Waals surface area contributed by atoms with E-state index < -0.39 is 11.8 Å². The summed E-state index contributed by atoms with van der Waals surface area (Å²) >= 11 is 0. The molecule has 23 heavy (non-hydrogen) atoms. The molecular formula is C17H13N3O3. The van der Waals surface area contributed by atoms with Crippen LogP contribution in [0.15, 0.2) is 65.4 Å². The Morgan fingerprint density at radius 2 is 1.83 bits per heavy atom. The first-order valence-electron chi connectivity index (χ1n) is 6.85. The predicted molar refractivity (Wildman–Crippen MR) is 84.9 cm³/mol. The van der Waals surface area contributed by atoms with E-state index >= 15 is 0 Å². The molecule has 0 radical (unpaired) electrons. The van der Waals surface area contributed by atoms with Crippen molar-refractivity contribution in [3.05, 3.63) is 72.3 Å². The number of carbonyl (C=O) groups excluding carboxylic acids is 2. The van der Waals surface area contributed by atoms with Crippen molar-refractivity contribution in [2.75, 3.05) is 5.32 Å². The van der Waals surface area contributed by atoms with Crippen molar-refractivity contribution in [2.24, 2.45) is 5.73 Å². The molecule has 0 aliphatic carbocycles. The lowest BCUT2D eigenvalue weighted by molar-refractivity contribution is 0.0988. The van der Waals surface area contributed by atoms with Gasteiger partial charge in [-0.25, -0.2) is 4.98 Å². The minimum atomic E-state index is -0.564. The molecule has 3 N–H and O–H groups in total. The first-order valence-corrected chi connectivity index (χ1v) is 6.85. The van der Waals surface area contributed by atoms with E-state index in [0.717, 1.165) is 5.56 Å². The molecule has 0 atom stereocenters. The van der Waals surface area contributed by atoms with Crippen LogP contribution in [-0.4, -0.2) is 16.8 Å². The van der Waals surface area contributed by atoms with Gasteiger partial charge in [-0.15, -0.1) is 0 Å². The third-order valence-corrected chi connectivity index (χ3v) is 3.23. The molecule has 0 fully saturated rings. The normalized spacial score (nSPS) is 10.3. The number of oxazole rings is 1. The topological polar surface area (TPSA) is 98.2 Å². The van der Waals surface area contributed by atoms with Crippen molar-refractivity contribution in [1.82, 2.24) is 4.98 Å². The second-order valence-corrected chi connectivity index (χ2v) is 4.80. The van der Waals surface area contributed by atoms with Crippen LogP contribution in [0.25, 0.3) is 11.3 Å². The first-order chi connectivity index (χ1) is 11.1. The lowest BCUT2D eigenvalue weighted by Gasteiger charge is -2.05. The molecule has 0 aliphatic heterocycles. The smallest absolute Gasteiger partial charge is 0.293 e. The summed E-state index contributed by atoms with van der Waals surface area (Å²) in [7, 11) is 0. The van der Waals surface area contributed by atoms with Gasteiger partial charge in [-0.3, -0.25) is 9.59 Å². The summed E-state index contributed by atoms with van der Waals surface area (Å²) < 4.78 is 5.22. The second-order valence-electron chi connectivity index (χ2n) is 4.80. The van der Waals surface area contributed by atoms with Crippen LogP contribution >= 0.6 is 0 Å². The van der Waals surface area contributed by atoms with Gasteiger partial charge < -0.3 is 15.5 Å². The van der Waals surface area contributed by atoms with Crippen LogP contribution in [0.4, 0.5) is 5.69 Å². The largest absolute Gasteiger partial charge is 0.438 e. The van der Waals surface area contributed by atoms with Gasteiger partial charge in [0.15, 0.2) is 6.39 Å². The molecule has 114 valence electrons. The Bertz CT molecular complexity index is 856. The van der Waals surface area contributed by atoms with Crippen LogP contribution in [0.3, 0.4) is 0 Å². The number of primary amides is 1. The molecule has 0 aliphatic rings. The van der Waals surface area contributed by atoms with Crippen molar-refractivity contribution in [2.45, 2.75) is 0 Å².